The number of alkyl halides is 3. The van der Waals surface area contributed by atoms with Crippen LogP contribution in [0.4, 0.5) is 19.0 Å². The molecule has 0 N–H and O–H groups in total. The lowest BCUT2D eigenvalue weighted by molar-refractivity contribution is -0.141. The Morgan fingerprint density at radius 3 is 2.30 bits per heavy atom. The van der Waals surface area contributed by atoms with Gasteiger partial charge in [-0.3, -0.25) is 0 Å². The van der Waals surface area contributed by atoms with Gasteiger partial charge in [-0.1, -0.05) is 0 Å². The molecule has 2 saturated heterocycles. The van der Waals surface area contributed by atoms with Gasteiger partial charge in [0.2, 0.25) is 0 Å². The van der Waals surface area contributed by atoms with E-state index in [-0.39, 0.29) is 11.4 Å². The van der Waals surface area contributed by atoms with Crippen molar-refractivity contribution < 1.29 is 13.2 Å². The van der Waals surface area contributed by atoms with Gasteiger partial charge in [0.15, 0.2) is 0 Å². The highest BCUT2D eigenvalue weighted by Crippen LogP contribution is 2.32. The van der Waals surface area contributed by atoms with Gasteiger partial charge in [-0.05, 0) is 50.9 Å². The molecule has 7 heteroatoms. The molecule has 1 aromatic rings. The lowest BCUT2D eigenvalue weighted by Gasteiger charge is -2.37. The van der Waals surface area contributed by atoms with Crippen molar-refractivity contribution in [2.24, 2.45) is 0 Å². The highest BCUT2D eigenvalue weighted by molar-refractivity contribution is 5.54. The zero-order valence-electron chi connectivity index (χ0n) is 12.8. The van der Waals surface area contributed by atoms with Crippen LogP contribution in [0.25, 0.3) is 0 Å². The summed E-state index contributed by atoms with van der Waals surface area (Å²) < 4.78 is 38.6. The van der Waals surface area contributed by atoms with Gasteiger partial charge >= 0.3 is 6.18 Å². The van der Waals surface area contributed by atoms with Crippen LogP contribution in [0.3, 0.4) is 0 Å². The molecule has 0 saturated carbocycles. The number of hydrogen-bond acceptors (Lipinski definition) is 4. The minimum Gasteiger partial charge on any atom is -0.355 e. The summed E-state index contributed by atoms with van der Waals surface area (Å²) in [5.41, 5.74) is -0.731. The number of nitriles is 1. The summed E-state index contributed by atoms with van der Waals surface area (Å²) in [5.74, 6) is 0.169. The number of halogens is 3. The summed E-state index contributed by atoms with van der Waals surface area (Å²) in [4.78, 5) is 8.02. The van der Waals surface area contributed by atoms with E-state index in [2.05, 4.69) is 9.88 Å². The van der Waals surface area contributed by atoms with Gasteiger partial charge in [-0.2, -0.15) is 18.4 Å². The van der Waals surface area contributed by atoms with Crippen molar-refractivity contribution in [1.82, 2.24) is 9.88 Å². The van der Waals surface area contributed by atoms with Gasteiger partial charge in [0.05, 0.1) is 5.56 Å². The molecule has 124 valence electrons. The molecular formula is C16H19F3N4. The number of nitrogens with zero attached hydrogens (tertiary/aromatic N) is 4. The number of anilines is 1. The average Bonchev–Trinajstić information content (AvgIpc) is 3.08. The number of pyridine rings is 1. The van der Waals surface area contributed by atoms with Crippen LogP contribution in [0.15, 0.2) is 12.1 Å². The Morgan fingerprint density at radius 1 is 1.09 bits per heavy atom. The molecule has 0 radical (unpaired) electrons. The van der Waals surface area contributed by atoms with E-state index in [4.69, 9.17) is 5.26 Å². The Morgan fingerprint density at radius 2 is 1.74 bits per heavy atom. The van der Waals surface area contributed by atoms with Crippen LogP contribution < -0.4 is 4.90 Å². The Hall–Kier alpha value is -1.81. The first kappa shape index (κ1) is 16.1. The quantitative estimate of drug-likeness (QED) is 0.839. The Kier molecular flexibility index (Phi) is 4.44. The maximum Gasteiger partial charge on any atom is 0.433 e. The van der Waals surface area contributed by atoms with Crippen LogP contribution in [-0.2, 0) is 6.18 Å². The molecule has 4 nitrogen and oxygen atoms in total. The van der Waals surface area contributed by atoms with Crippen molar-refractivity contribution in [3.63, 3.8) is 0 Å². The maximum atomic E-state index is 12.9. The first-order valence-corrected chi connectivity index (χ1v) is 7.96. The molecule has 0 unspecified atom stereocenters. The maximum absolute atomic E-state index is 12.9. The van der Waals surface area contributed by atoms with Gasteiger partial charge in [-0.25, -0.2) is 4.98 Å². The van der Waals surface area contributed by atoms with Crippen LogP contribution in [0, 0.1) is 11.3 Å². The topological polar surface area (TPSA) is 43.2 Å². The molecule has 2 aliphatic heterocycles. The first-order chi connectivity index (χ1) is 11.0. The van der Waals surface area contributed by atoms with Crippen molar-refractivity contribution in [2.75, 3.05) is 31.1 Å². The van der Waals surface area contributed by atoms with Crippen molar-refractivity contribution in [1.29, 1.82) is 5.26 Å². The molecule has 2 aliphatic rings. The molecule has 0 aliphatic carbocycles. The smallest absolute Gasteiger partial charge is 0.355 e. The van der Waals surface area contributed by atoms with Crippen molar-refractivity contribution >= 4 is 5.82 Å². The third-order valence-electron chi connectivity index (χ3n) is 4.71. The minimum absolute atomic E-state index is 0.169. The molecule has 23 heavy (non-hydrogen) atoms. The third-order valence-corrected chi connectivity index (χ3v) is 4.71. The van der Waals surface area contributed by atoms with Crippen LogP contribution in [0.2, 0.25) is 0 Å². The second kappa shape index (κ2) is 6.36. The molecule has 0 spiro atoms. The summed E-state index contributed by atoms with van der Waals surface area (Å²) in [6, 6.07) is 4.55. The first-order valence-electron chi connectivity index (χ1n) is 7.96. The van der Waals surface area contributed by atoms with Crippen LogP contribution >= 0.6 is 0 Å². The van der Waals surface area contributed by atoms with Crippen molar-refractivity contribution in [2.45, 2.75) is 37.9 Å². The van der Waals surface area contributed by atoms with E-state index in [1.54, 1.807) is 0 Å². The molecule has 1 aromatic heterocycles. The highest BCUT2D eigenvalue weighted by atomic mass is 19.4. The second-order valence-corrected chi connectivity index (χ2v) is 6.14. The number of piperidine rings is 1. The largest absolute Gasteiger partial charge is 0.433 e. The van der Waals surface area contributed by atoms with E-state index >= 15 is 0 Å². The molecule has 3 heterocycles. The number of likely N-dealkylation sites (tertiary alicyclic amines) is 1. The zero-order valence-corrected chi connectivity index (χ0v) is 12.8. The van der Waals surface area contributed by atoms with Crippen molar-refractivity contribution in [3.05, 3.63) is 23.4 Å². The predicted molar refractivity (Wildman–Crippen MR) is 80.0 cm³/mol. The normalized spacial score (nSPS) is 20.7. The van der Waals surface area contributed by atoms with E-state index in [0.29, 0.717) is 19.1 Å². The van der Waals surface area contributed by atoms with Gasteiger partial charge in [-0.15, -0.1) is 0 Å². The second-order valence-electron chi connectivity index (χ2n) is 6.14. The highest BCUT2D eigenvalue weighted by Gasteiger charge is 2.34. The van der Waals surface area contributed by atoms with Gasteiger partial charge in [0, 0.05) is 19.1 Å². The summed E-state index contributed by atoms with van der Waals surface area (Å²) in [5, 5.41) is 9.16. The standard InChI is InChI=1S/C16H19F3N4/c17-16(18,19)14-4-3-12(11-20)15(21-14)23-9-5-13(6-10-23)22-7-1-2-8-22/h3-4,13H,1-2,5-10H2. The SMILES string of the molecule is N#Cc1ccc(C(F)(F)F)nc1N1CCC(N2CCCC2)CC1. The Balaban J connectivity index is 1.75. The van der Waals surface area contributed by atoms with E-state index in [0.717, 1.165) is 32.0 Å². The molecule has 2 fully saturated rings. The monoisotopic (exact) mass is 324 g/mol. The summed E-state index contributed by atoms with van der Waals surface area (Å²) in [7, 11) is 0. The average molecular weight is 324 g/mol. The lowest BCUT2D eigenvalue weighted by Crippen LogP contribution is -2.44. The molecule has 0 aromatic carbocycles. The van der Waals surface area contributed by atoms with Gasteiger partial charge in [0.25, 0.3) is 0 Å². The molecular weight excluding hydrogens is 305 g/mol. The van der Waals surface area contributed by atoms with Crippen LogP contribution in [-0.4, -0.2) is 42.1 Å². The molecule has 0 amide bonds. The fourth-order valence-electron chi connectivity index (χ4n) is 3.48. The predicted octanol–water partition coefficient (Wildman–Crippen LogP) is 3.04. The zero-order chi connectivity index (χ0) is 16.4. The van der Waals surface area contributed by atoms with E-state index in [9.17, 15) is 13.2 Å². The number of hydrogen-bond donors (Lipinski definition) is 0. The number of rotatable bonds is 2. The van der Waals surface area contributed by atoms with Crippen molar-refractivity contribution in [3.8, 4) is 6.07 Å². The fraction of sp³-hybridized carbons (Fsp3) is 0.625. The summed E-state index contributed by atoms with van der Waals surface area (Å²) in [6.45, 7) is 3.53. The van der Waals surface area contributed by atoms with E-state index in [1.165, 1.54) is 18.9 Å². The van der Waals surface area contributed by atoms with E-state index in [1.807, 2.05) is 11.0 Å². The molecule has 0 bridgehead atoms. The van der Waals surface area contributed by atoms with Crippen LogP contribution in [0.1, 0.15) is 36.9 Å². The molecule has 3 rings (SSSR count). The van der Waals surface area contributed by atoms with Gasteiger partial charge in [0.1, 0.15) is 17.6 Å². The Labute approximate surface area is 133 Å². The van der Waals surface area contributed by atoms with Crippen LogP contribution in [0.5, 0.6) is 0 Å². The number of aromatic nitrogens is 1. The fourth-order valence-corrected chi connectivity index (χ4v) is 3.48. The Bertz CT molecular complexity index is 594. The minimum atomic E-state index is -4.49. The lowest BCUT2D eigenvalue weighted by atomic mass is 10.0. The third kappa shape index (κ3) is 3.42. The van der Waals surface area contributed by atoms with Gasteiger partial charge < -0.3 is 9.80 Å². The summed E-state index contributed by atoms with van der Waals surface area (Å²) in [6.07, 6.45) is -0.218. The van der Waals surface area contributed by atoms with E-state index < -0.39 is 11.9 Å². The molecule has 0 atom stereocenters. The summed E-state index contributed by atoms with van der Waals surface area (Å²) >= 11 is 0.